The van der Waals surface area contributed by atoms with Crippen molar-refractivity contribution in [1.29, 1.82) is 0 Å². The van der Waals surface area contributed by atoms with E-state index in [0.29, 0.717) is 29.9 Å². The molecular weight excluding hydrogens is 370 g/mol. The fourth-order valence-corrected chi connectivity index (χ4v) is 3.34. The molecule has 8 nitrogen and oxygen atoms in total. The number of ketones is 1. The molecule has 0 radical (unpaired) electrons. The van der Waals surface area contributed by atoms with Crippen LogP contribution in [-0.4, -0.2) is 44.6 Å². The summed E-state index contributed by atoms with van der Waals surface area (Å²) in [5, 5.41) is 7.00. The van der Waals surface area contributed by atoms with Crippen LogP contribution in [0.4, 0.5) is 0 Å². The number of hydrogen-bond donors (Lipinski definition) is 1. The van der Waals surface area contributed by atoms with Gasteiger partial charge < -0.3 is 10.1 Å². The summed E-state index contributed by atoms with van der Waals surface area (Å²) in [6.07, 6.45) is 4.02. The Kier molecular flexibility index (Phi) is 5.91. The number of nitrogens with one attached hydrogen (secondary N) is 1. The Bertz CT molecular complexity index is 1030. The summed E-state index contributed by atoms with van der Waals surface area (Å²) in [6, 6.07) is 1.94. The molecule has 3 rings (SSSR count). The van der Waals surface area contributed by atoms with Crippen LogP contribution in [0.5, 0.6) is 6.01 Å². The monoisotopic (exact) mass is 395 g/mol. The summed E-state index contributed by atoms with van der Waals surface area (Å²) in [5.41, 5.74) is 4.68. The standard InChI is InChI=1S/C21H25N5O3/c1-6-29-21-24-18(16-7-8-23-26(16)5)14(4)19(25-21)20(28)22-11-15-13(3)9-12(2)10-17(15)27/h7-9H,6,10-11H2,1-5H3,(H,22,28). The average Bonchev–Trinajstić information content (AvgIpc) is 3.08. The van der Waals surface area contributed by atoms with Crippen LogP contribution in [0.25, 0.3) is 11.4 Å². The molecule has 1 N–H and O–H groups in total. The van der Waals surface area contributed by atoms with Gasteiger partial charge in [0, 0.05) is 37.3 Å². The van der Waals surface area contributed by atoms with E-state index in [0.717, 1.165) is 16.8 Å². The molecule has 1 aliphatic carbocycles. The molecule has 0 aliphatic heterocycles. The lowest BCUT2D eigenvalue weighted by atomic mass is 9.92. The van der Waals surface area contributed by atoms with Crippen LogP contribution in [0.2, 0.25) is 0 Å². The zero-order valence-electron chi connectivity index (χ0n) is 17.4. The first kappa shape index (κ1) is 20.4. The van der Waals surface area contributed by atoms with E-state index < -0.39 is 0 Å². The van der Waals surface area contributed by atoms with Crippen molar-refractivity contribution in [2.75, 3.05) is 13.2 Å². The van der Waals surface area contributed by atoms with Crippen LogP contribution in [0.15, 0.2) is 35.1 Å². The first-order valence-electron chi connectivity index (χ1n) is 9.50. The molecule has 0 saturated carbocycles. The number of rotatable bonds is 6. The molecule has 0 spiro atoms. The van der Waals surface area contributed by atoms with Gasteiger partial charge in [0.05, 0.1) is 18.0 Å². The largest absolute Gasteiger partial charge is 0.464 e. The maximum atomic E-state index is 12.9. The highest BCUT2D eigenvalue weighted by molar-refractivity contribution is 6.01. The van der Waals surface area contributed by atoms with Gasteiger partial charge in [-0.25, -0.2) is 0 Å². The van der Waals surface area contributed by atoms with Crippen molar-refractivity contribution in [3.63, 3.8) is 0 Å². The number of nitrogens with zero attached hydrogens (tertiary/aromatic N) is 4. The van der Waals surface area contributed by atoms with Crippen LogP contribution in [0, 0.1) is 6.92 Å². The molecule has 0 atom stereocenters. The molecule has 152 valence electrons. The predicted molar refractivity (Wildman–Crippen MR) is 109 cm³/mol. The van der Waals surface area contributed by atoms with Gasteiger partial charge in [0.25, 0.3) is 5.91 Å². The smallest absolute Gasteiger partial charge is 0.317 e. The van der Waals surface area contributed by atoms with Gasteiger partial charge in [-0.1, -0.05) is 11.6 Å². The lowest BCUT2D eigenvalue weighted by Crippen LogP contribution is -2.30. The maximum Gasteiger partial charge on any atom is 0.317 e. The highest BCUT2D eigenvalue weighted by Crippen LogP contribution is 2.25. The van der Waals surface area contributed by atoms with Gasteiger partial charge in [0.1, 0.15) is 5.69 Å². The summed E-state index contributed by atoms with van der Waals surface area (Å²) in [7, 11) is 1.80. The Balaban J connectivity index is 1.92. The number of amides is 1. The normalized spacial score (nSPS) is 14.1. The number of aromatic nitrogens is 4. The molecule has 1 aliphatic rings. The maximum absolute atomic E-state index is 12.9. The number of aryl methyl sites for hydroxylation is 1. The fraction of sp³-hybridized carbons (Fsp3) is 0.381. The molecule has 8 heteroatoms. The van der Waals surface area contributed by atoms with Crippen molar-refractivity contribution < 1.29 is 14.3 Å². The predicted octanol–water partition coefficient (Wildman–Crippen LogP) is 2.55. The van der Waals surface area contributed by atoms with E-state index in [2.05, 4.69) is 20.4 Å². The number of Topliss-reactive ketones (excluding diaryl/α,β-unsaturated/α-hetero) is 1. The second kappa shape index (κ2) is 8.38. The summed E-state index contributed by atoms with van der Waals surface area (Å²) >= 11 is 0. The van der Waals surface area contributed by atoms with Crippen molar-refractivity contribution >= 4 is 11.7 Å². The second-order valence-electron chi connectivity index (χ2n) is 7.04. The summed E-state index contributed by atoms with van der Waals surface area (Å²) in [6.45, 7) is 7.95. The van der Waals surface area contributed by atoms with Crippen molar-refractivity contribution in [1.82, 2.24) is 25.1 Å². The van der Waals surface area contributed by atoms with Crippen LogP contribution in [0.1, 0.15) is 43.2 Å². The van der Waals surface area contributed by atoms with Crippen LogP contribution >= 0.6 is 0 Å². The van der Waals surface area contributed by atoms with Gasteiger partial charge in [-0.3, -0.25) is 14.3 Å². The minimum Gasteiger partial charge on any atom is -0.464 e. The summed E-state index contributed by atoms with van der Waals surface area (Å²) in [4.78, 5) is 34.0. The van der Waals surface area contributed by atoms with Crippen molar-refractivity contribution in [3.8, 4) is 17.4 Å². The molecule has 2 aromatic heterocycles. The zero-order valence-corrected chi connectivity index (χ0v) is 17.4. The molecule has 2 aromatic rings. The lowest BCUT2D eigenvalue weighted by Gasteiger charge is -2.17. The van der Waals surface area contributed by atoms with Crippen molar-refractivity contribution in [3.05, 3.63) is 46.3 Å². The van der Waals surface area contributed by atoms with E-state index in [-0.39, 0.29) is 29.9 Å². The molecule has 0 unspecified atom stereocenters. The van der Waals surface area contributed by atoms with E-state index in [1.54, 1.807) is 24.9 Å². The van der Waals surface area contributed by atoms with Crippen molar-refractivity contribution in [2.45, 2.75) is 34.1 Å². The Morgan fingerprint density at radius 3 is 2.66 bits per heavy atom. The fourth-order valence-electron chi connectivity index (χ4n) is 3.34. The first-order chi connectivity index (χ1) is 13.8. The van der Waals surface area contributed by atoms with E-state index in [4.69, 9.17) is 4.74 Å². The van der Waals surface area contributed by atoms with Crippen molar-refractivity contribution in [2.24, 2.45) is 7.05 Å². The molecule has 0 fully saturated rings. The first-order valence-corrected chi connectivity index (χ1v) is 9.50. The minimum absolute atomic E-state index is 0.0350. The molecular formula is C21H25N5O3. The van der Waals surface area contributed by atoms with E-state index in [1.807, 2.05) is 32.9 Å². The lowest BCUT2D eigenvalue weighted by molar-refractivity contribution is -0.115. The quantitative estimate of drug-likeness (QED) is 0.807. The number of ether oxygens (including phenoxy) is 1. The number of carbonyl (C=O) groups is 2. The average molecular weight is 395 g/mol. The summed E-state index contributed by atoms with van der Waals surface area (Å²) in [5.74, 6) is -0.346. The van der Waals surface area contributed by atoms with Crippen LogP contribution < -0.4 is 10.1 Å². The number of carbonyl (C=O) groups excluding carboxylic acids is 2. The van der Waals surface area contributed by atoms with Gasteiger partial charge in [-0.2, -0.15) is 15.1 Å². The van der Waals surface area contributed by atoms with Gasteiger partial charge in [0.15, 0.2) is 5.78 Å². The molecule has 2 heterocycles. The molecule has 0 bridgehead atoms. The van der Waals surface area contributed by atoms with Gasteiger partial charge in [-0.05, 0) is 39.3 Å². The van der Waals surface area contributed by atoms with Crippen LogP contribution in [-0.2, 0) is 11.8 Å². The molecule has 1 amide bonds. The van der Waals surface area contributed by atoms with E-state index in [9.17, 15) is 9.59 Å². The minimum atomic E-state index is -0.381. The van der Waals surface area contributed by atoms with Gasteiger partial charge >= 0.3 is 6.01 Å². The summed E-state index contributed by atoms with van der Waals surface area (Å²) < 4.78 is 7.14. The third kappa shape index (κ3) is 4.26. The third-order valence-electron chi connectivity index (χ3n) is 4.82. The Labute approximate surface area is 169 Å². The Morgan fingerprint density at radius 2 is 2.03 bits per heavy atom. The Hall–Kier alpha value is -3.29. The van der Waals surface area contributed by atoms with E-state index >= 15 is 0 Å². The number of hydrogen-bond acceptors (Lipinski definition) is 6. The molecule has 0 saturated heterocycles. The van der Waals surface area contributed by atoms with Gasteiger partial charge in [-0.15, -0.1) is 0 Å². The Morgan fingerprint density at radius 1 is 1.28 bits per heavy atom. The zero-order chi connectivity index (χ0) is 21.1. The molecule has 0 aromatic carbocycles. The third-order valence-corrected chi connectivity index (χ3v) is 4.82. The van der Waals surface area contributed by atoms with Gasteiger partial charge in [0.2, 0.25) is 0 Å². The van der Waals surface area contributed by atoms with Crippen LogP contribution in [0.3, 0.4) is 0 Å². The van der Waals surface area contributed by atoms with E-state index in [1.165, 1.54) is 0 Å². The highest BCUT2D eigenvalue weighted by atomic mass is 16.5. The topological polar surface area (TPSA) is 99.0 Å². The molecule has 29 heavy (non-hydrogen) atoms. The number of allylic oxidation sites excluding steroid dienone is 3. The highest BCUT2D eigenvalue weighted by Gasteiger charge is 2.22. The SMILES string of the molecule is CCOc1nc(C(=O)NCC2=C(C)C=C(C)CC2=O)c(C)c(-c2ccnn2C)n1. The second-order valence-corrected chi connectivity index (χ2v) is 7.04.